The summed E-state index contributed by atoms with van der Waals surface area (Å²) in [7, 11) is -3.84. The third-order valence-corrected chi connectivity index (χ3v) is 7.61. The molecule has 0 spiro atoms. The second-order valence-electron chi connectivity index (χ2n) is 6.42. The van der Waals surface area contributed by atoms with Gasteiger partial charge in [0, 0.05) is 46.5 Å². The zero-order valence-electron chi connectivity index (χ0n) is 16.5. The minimum atomic E-state index is -3.84. The van der Waals surface area contributed by atoms with Crippen molar-refractivity contribution in [3.63, 3.8) is 0 Å². The highest BCUT2D eigenvalue weighted by Crippen LogP contribution is 2.29. The average Bonchev–Trinajstić information content (AvgIpc) is 2.77. The molecular weight excluding hydrogens is 475 g/mol. The quantitative estimate of drug-likeness (QED) is 0.311. The number of hydrogen-bond acceptors (Lipinski definition) is 6. The summed E-state index contributed by atoms with van der Waals surface area (Å²) in [6.45, 7) is 0.868. The number of hydrogen-bond donors (Lipinski definition) is 2. The van der Waals surface area contributed by atoms with Crippen LogP contribution in [0.15, 0.2) is 76.7 Å². The standard InChI is InChI=1S/C21H22Cl2N4O2S2/c22-16-3-7-18(8-4-16)30-15-13-26-21-20(2-1-12-25-21)27(14-11-24)31(28,29)19-9-5-17(23)6-10-19/h1-10,12H,11,13-15,24H2,(H,25,26). The molecule has 31 heavy (non-hydrogen) atoms. The Hall–Kier alpha value is -1.97. The summed E-state index contributed by atoms with van der Waals surface area (Å²) in [6.07, 6.45) is 1.62. The van der Waals surface area contributed by atoms with E-state index in [4.69, 9.17) is 28.9 Å². The fourth-order valence-corrected chi connectivity index (χ4v) is 5.33. The Morgan fingerprint density at radius 1 is 1.00 bits per heavy atom. The second kappa shape index (κ2) is 11.1. The number of halogens is 2. The highest BCUT2D eigenvalue weighted by atomic mass is 35.5. The van der Waals surface area contributed by atoms with Crippen LogP contribution in [0.4, 0.5) is 11.5 Å². The van der Waals surface area contributed by atoms with Crippen molar-refractivity contribution in [3.8, 4) is 0 Å². The molecule has 10 heteroatoms. The van der Waals surface area contributed by atoms with Crippen molar-refractivity contribution in [2.24, 2.45) is 5.73 Å². The van der Waals surface area contributed by atoms with Crippen LogP contribution >= 0.6 is 35.0 Å². The summed E-state index contributed by atoms with van der Waals surface area (Å²) < 4.78 is 27.8. The average molecular weight is 497 g/mol. The van der Waals surface area contributed by atoms with E-state index in [1.807, 2.05) is 24.3 Å². The number of aromatic nitrogens is 1. The number of sulfonamides is 1. The summed E-state index contributed by atoms with van der Waals surface area (Å²) in [5.74, 6) is 1.24. The molecule has 0 aliphatic heterocycles. The van der Waals surface area contributed by atoms with Crippen LogP contribution in [0.25, 0.3) is 0 Å². The van der Waals surface area contributed by atoms with E-state index < -0.39 is 10.0 Å². The Morgan fingerprint density at radius 3 is 2.29 bits per heavy atom. The summed E-state index contributed by atoms with van der Waals surface area (Å²) in [4.78, 5) is 5.59. The Morgan fingerprint density at radius 2 is 1.65 bits per heavy atom. The molecule has 0 aliphatic rings. The largest absolute Gasteiger partial charge is 0.367 e. The van der Waals surface area contributed by atoms with Crippen molar-refractivity contribution in [3.05, 3.63) is 76.9 Å². The Kier molecular flexibility index (Phi) is 8.45. The molecule has 6 nitrogen and oxygen atoms in total. The lowest BCUT2D eigenvalue weighted by atomic mass is 10.3. The third kappa shape index (κ3) is 6.27. The molecule has 0 atom stereocenters. The van der Waals surface area contributed by atoms with E-state index in [0.717, 1.165) is 10.6 Å². The topological polar surface area (TPSA) is 88.3 Å². The Balaban J connectivity index is 1.76. The van der Waals surface area contributed by atoms with Gasteiger partial charge in [0.25, 0.3) is 10.0 Å². The molecule has 3 rings (SSSR count). The van der Waals surface area contributed by atoms with Gasteiger partial charge >= 0.3 is 0 Å². The van der Waals surface area contributed by atoms with Gasteiger partial charge in [-0.05, 0) is 60.7 Å². The molecule has 0 fully saturated rings. The first-order chi connectivity index (χ1) is 14.9. The molecular formula is C21H22Cl2N4O2S2. The van der Waals surface area contributed by atoms with E-state index in [-0.39, 0.29) is 18.0 Å². The zero-order valence-corrected chi connectivity index (χ0v) is 19.7. The molecule has 0 radical (unpaired) electrons. The van der Waals surface area contributed by atoms with Crippen molar-refractivity contribution in [2.75, 3.05) is 35.0 Å². The predicted molar refractivity (Wildman–Crippen MR) is 130 cm³/mol. The first kappa shape index (κ1) is 23.7. The maximum atomic E-state index is 13.3. The predicted octanol–water partition coefficient (Wildman–Crippen LogP) is 4.75. The highest BCUT2D eigenvalue weighted by Gasteiger charge is 2.26. The van der Waals surface area contributed by atoms with E-state index in [2.05, 4.69) is 10.3 Å². The molecule has 0 bridgehead atoms. The minimum Gasteiger partial charge on any atom is -0.367 e. The molecule has 3 aromatic rings. The van der Waals surface area contributed by atoms with Crippen molar-refractivity contribution in [1.29, 1.82) is 0 Å². The van der Waals surface area contributed by atoms with Gasteiger partial charge in [0.05, 0.1) is 10.6 Å². The highest BCUT2D eigenvalue weighted by molar-refractivity contribution is 7.99. The number of benzene rings is 2. The van der Waals surface area contributed by atoms with Crippen molar-refractivity contribution in [1.82, 2.24) is 4.98 Å². The van der Waals surface area contributed by atoms with Crippen LogP contribution in [0.5, 0.6) is 0 Å². The summed E-state index contributed by atoms with van der Waals surface area (Å²) >= 11 is 13.5. The second-order valence-corrected chi connectivity index (χ2v) is 10.3. The lowest BCUT2D eigenvalue weighted by molar-refractivity contribution is 0.591. The van der Waals surface area contributed by atoms with Gasteiger partial charge in [-0.25, -0.2) is 13.4 Å². The van der Waals surface area contributed by atoms with E-state index in [9.17, 15) is 8.42 Å². The van der Waals surface area contributed by atoms with Gasteiger partial charge in [-0.15, -0.1) is 11.8 Å². The van der Waals surface area contributed by atoms with E-state index in [1.54, 1.807) is 42.2 Å². The van der Waals surface area contributed by atoms with Crippen molar-refractivity contribution in [2.45, 2.75) is 9.79 Å². The van der Waals surface area contributed by atoms with Crippen molar-refractivity contribution < 1.29 is 8.42 Å². The number of nitrogens with two attached hydrogens (primary N) is 1. The van der Waals surface area contributed by atoms with E-state index in [1.165, 1.54) is 16.4 Å². The number of nitrogens with one attached hydrogen (secondary N) is 1. The van der Waals surface area contributed by atoms with Crippen molar-refractivity contribution >= 4 is 56.5 Å². The van der Waals surface area contributed by atoms with Crippen LogP contribution in [0, 0.1) is 0 Å². The van der Waals surface area contributed by atoms with Gasteiger partial charge in [-0.2, -0.15) is 0 Å². The monoisotopic (exact) mass is 496 g/mol. The molecule has 0 aliphatic carbocycles. The molecule has 164 valence electrons. The molecule has 1 heterocycles. The van der Waals surface area contributed by atoms with E-state index in [0.29, 0.717) is 28.1 Å². The third-order valence-electron chi connectivity index (χ3n) is 4.27. The van der Waals surface area contributed by atoms with Crippen LogP contribution in [-0.2, 0) is 10.0 Å². The maximum absolute atomic E-state index is 13.3. The Bertz CT molecular complexity index is 1100. The number of nitrogens with zero attached hydrogens (tertiary/aromatic N) is 2. The van der Waals surface area contributed by atoms with Crippen LogP contribution in [-0.4, -0.2) is 38.8 Å². The van der Waals surface area contributed by atoms with Gasteiger partial charge in [-0.3, -0.25) is 4.31 Å². The number of anilines is 2. The summed E-state index contributed by atoms with van der Waals surface area (Å²) in [5, 5.41) is 4.40. The molecule has 0 amide bonds. The van der Waals surface area contributed by atoms with Gasteiger partial charge in [0.1, 0.15) is 0 Å². The van der Waals surface area contributed by atoms with Gasteiger partial charge in [0.2, 0.25) is 0 Å². The zero-order chi connectivity index (χ0) is 22.3. The number of rotatable bonds is 10. The lowest BCUT2D eigenvalue weighted by Crippen LogP contribution is -2.36. The fraction of sp³-hybridized carbons (Fsp3) is 0.190. The molecule has 0 unspecified atom stereocenters. The molecule has 0 saturated carbocycles. The van der Waals surface area contributed by atoms with Crippen LogP contribution in [0.2, 0.25) is 10.0 Å². The minimum absolute atomic E-state index is 0.116. The molecule has 2 aromatic carbocycles. The van der Waals surface area contributed by atoms with Crippen LogP contribution < -0.4 is 15.4 Å². The molecule has 0 saturated heterocycles. The first-order valence-electron chi connectivity index (χ1n) is 9.47. The van der Waals surface area contributed by atoms with Gasteiger partial charge in [0.15, 0.2) is 5.82 Å². The SMILES string of the molecule is NCCN(c1cccnc1NCCSc1ccc(Cl)cc1)S(=O)(=O)c1ccc(Cl)cc1. The normalized spacial score (nSPS) is 11.3. The van der Waals surface area contributed by atoms with Gasteiger partial charge in [-0.1, -0.05) is 23.2 Å². The Labute approximate surface area is 196 Å². The maximum Gasteiger partial charge on any atom is 0.264 e. The molecule has 1 aromatic heterocycles. The fourth-order valence-electron chi connectivity index (χ4n) is 2.82. The smallest absolute Gasteiger partial charge is 0.264 e. The summed E-state index contributed by atoms with van der Waals surface area (Å²) in [5.41, 5.74) is 6.18. The number of pyridine rings is 1. The van der Waals surface area contributed by atoms with Crippen LogP contribution in [0.1, 0.15) is 0 Å². The van der Waals surface area contributed by atoms with E-state index >= 15 is 0 Å². The number of thioether (sulfide) groups is 1. The van der Waals surface area contributed by atoms with Crippen LogP contribution in [0.3, 0.4) is 0 Å². The lowest BCUT2D eigenvalue weighted by Gasteiger charge is -2.26. The first-order valence-corrected chi connectivity index (χ1v) is 12.7. The van der Waals surface area contributed by atoms with Gasteiger partial charge < -0.3 is 11.1 Å². The molecule has 3 N–H and O–H groups in total. The summed E-state index contributed by atoms with van der Waals surface area (Å²) in [6, 6.07) is 17.1.